The molecule has 6 nitrogen and oxygen atoms in total. The molecule has 1 amide bonds. The molecule has 5 rings (SSSR count). The fourth-order valence-corrected chi connectivity index (χ4v) is 4.44. The normalized spacial score (nSPS) is 25.1. The van der Waals surface area contributed by atoms with E-state index in [2.05, 4.69) is 15.3 Å². The molecule has 3 aliphatic carbocycles. The van der Waals surface area contributed by atoms with Gasteiger partial charge in [-0.3, -0.25) is 9.78 Å². The Bertz CT molecular complexity index is 872. The summed E-state index contributed by atoms with van der Waals surface area (Å²) >= 11 is 5.62. The summed E-state index contributed by atoms with van der Waals surface area (Å²) in [4.78, 5) is 20.7. The first-order valence-electron chi connectivity index (χ1n) is 8.65. The van der Waals surface area contributed by atoms with E-state index >= 15 is 0 Å². The Kier molecular flexibility index (Phi) is 4.42. The molecule has 2 bridgehead atoms. The van der Waals surface area contributed by atoms with Crippen LogP contribution in [0.1, 0.15) is 25.0 Å². The molecule has 3 fully saturated rings. The van der Waals surface area contributed by atoms with Crippen molar-refractivity contribution < 1.29 is 18.7 Å². The Hall–Kier alpha value is -2.41. The standard InChI is InChI=1S/C19H19ClFN3O3/c1-26-17-7-22-6-12(23-17)5-18-9-19(10-18,11-18)24-16(25)8-27-13-2-3-14(20)15(21)4-13/h2-4,6-7H,5,8-11H2,1H3,(H,24,25). The van der Waals surface area contributed by atoms with Gasteiger partial charge in [-0.15, -0.1) is 0 Å². The number of aromatic nitrogens is 2. The van der Waals surface area contributed by atoms with Crippen LogP contribution in [0.5, 0.6) is 11.6 Å². The number of carbonyl (C=O) groups is 1. The van der Waals surface area contributed by atoms with E-state index in [1.54, 1.807) is 19.5 Å². The molecule has 0 saturated heterocycles. The summed E-state index contributed by atoms with van der Waals surface area (Å²) < 4.78 is 23.8. The maximum atomic E-state index is 13.4. The number of hydrogen-bond acceptors (Lipinski definition) is 5. The zero-order chi connectivity index (χ0) is 19.1. The van der Waals surface area contributed by atoms with Gasteiger partial charge in [0.1, 0.15) is 11.6 Å². The second kappa shape index (κ2) is 6.64. The molecule has 8 heteroatoms. The van der Waals surface area contributed by atoms with Crippen molar-refractivity contribution in [2.45, 2.75) is 31.2 Å². The molecule has 1 aromatic heterocycles. The van der Waals surface area contributed by atoms with Crippen molar-refractivity contribution in [1.29, 1.82) is 0 Å². The van der Waals surface area contributed by atoms with Crippen molar-refractivity contribution in [2.75, 3.05) is 13.7 Å². The SMILES string of the molecule is COc1cncc(CC23CC(NC(=O)COc4ccc(Cl)c(F)c4)(C2)C3)n1. The molecule has 3 saturated carbocycles. The zero-order valence-electron chi connectivity index (χ0n) is 14.8. The summed E-state index contributed by atoms with van der Waals surface area (Å²) in [7, 11) is 1.57. The maximum absolute atomic E-state index is 13.4. The van der Waals surface area contributed by atoms with Crippen LogP contribution in [0.15, 0.2) is 30.6 Å². The van der Waals surface area contributed by atoms with Crippen LogP contribution in [-0.2, 0) is 11.2 Å². The van der Waals surface area contributed by atoms with Gasteiger partial charge in [0.15, 0.2) is 6.61 Å². The third-order valence-electron chi connectivity index (χ3n) is 5.23. The summed E-state index contributed by atoms with van der Waals surface area (Å²) in [5.74, 6) is 0.00650. The molecular formula is C19H19ClFN3O3. The molecule has 142 valence electrons. The minimum absolute atomic E-state index is 0.0201. The lowest BCUT2D eigenvalue weighted by Crippen LogP contribution is -2.75. The number of hydrogen-bond donors (Lipinski definition) is 1. The van der Waals surface area contributed by atoms with Crippen LogP contribution in [0.2, 0.25) is 5.02 Å². The van der Waals surface area contributed by atoms with Crippen LogP contribution < -0.4 is 14.8 Å². The number of halogens is 2. The quantitative estimate of drug-likeness (QED) is 0.785. The van der Waals surface area contributed by atoms with Gasteiger partial charge in [-0.05, 0) is 43.2 Å². The monoisotopic (exact) mass is 391 g/mol. The fourth-order valence-electron chi connectivity index (χ4n) is 4.32. The summed E-state index contributed by atoms with van der Waals surface area (Å²) in [5.41, 5.74) is 0.953. The van der Waals surface area contributed by atoms with Gasteiger partial charge in [0, 0.05) is 17.8 Å². The van der Waals surface area contributed by atoms with Gasteiger partial charge in [0.05, 0.1) is 24.0 Å². The first-order valence-corrected chi connectivity index (χ1v) is 9.03. The number of nitrogens with one attached hydrogen (secondary N) is 1. The third kappa shape index (κ3) is 3.56. The minimum Gasteiger partial charge on any atom is -0.484 e. The average molecular weight is 392 g/mol. The summed E-state index contributed by atoms with van der Waals surface area (Å²) in [6, 6.07) is 4.10. The number of methoxy groups -OCH3 is 1. The third-order valence-corrected chi connectivity index (χ3v) is 5.54. The van der Waals surface area contributed by atoms with E-state index in [0.29, 0.717) is 5.88 Å². The van der Waals surface area contributed by atoms with Crippen molar-refractivity contribution in [1.82, 2.24) is 15.3 Å². The zero-order valence-corrected chi connectivity index (χ0v) is 15.6. The highest BCUT2D eigenvalue weighted by Gasteiger charge is 2.68. The molecule has 0 radical (unpaired) electrons. The number of amides is 1. The van der Waals surface area contributed by atoms with Crippen LogP contribution in [0.4, 0.5) is 4.39 Å². The number of nitrogens with zero attached hydrogens (tertiary/aromatic N) is 2. The molecular weight excluding hydrogens is 373 g/mol. The highest BCUT2D eigenvalue weighted by atomic mass is 35.5. The predicted molar refractivity (Wildman–Crippen MR) is 96.4 cm³/mol. The average Bonchev–Trinajstić information content (AvgIpc) is 2.60. The second-order valence-electron chi connectivity index (χ2n) is 7.45. The minimum atomic E-state index is -0.573. The van der Waals surface area contributed by atoms with Crippen LogP contribution in [0, 0.1) is 11.2 Å². The Morgan fingerprint density at radius 3 is 2.81 bits per heavy atom. The molecule has 0 spiro atoms. The van der Waals surface area contributed by atoms with Crippen molar-refractivity contribution in [3.05, 3.63) is 47.1 Å². The van der Waals surface area contributed by atoms with Gasteiger partial charge in [0.2, 0.25) is 5.88 Å². The molecule has 1 N–H and O–H groups in total. The lowest BCUT2D eigenvalue weighted by atomic mass is 9.38. The van der Waals surface area contributed by atoms with Crippen molar-refractivity contribution in [2.24, 2.45) is 5.41 Å². The molecule has 0 unspecified atom stereocenters. The van der Waals surface area contributed by atoms with E-state index in [9.17, 15) is 9.18 Å². The van der Waals surface area contributed by atoms with Gasteiger partial charge < -0.3 is 14.8 Å². The maximum Gasteiger partial charge on any atom is 0.258 e. The van der Waals surface area contributed by atoms with Crippen molar-refractivity contribution in [3.63, 3.8) is 0 Å². The summed E-state index contributed by atoms with van der Waals surface area (Å²) in [5, 5.41) is 3.06. The molecule has 3 aliphatic rings. The van der Waals surface area contributed by atoms with Gasteiger partial charge >= 0.3 is 0 Å². The lowest BCUT2D eigenvalue weighted by Gasteiger charge is -2.70. The van der Waals surface area contributed by atoms with Gasteiger partial charge in [0.25, 0.3) is 5.91 Å². The van der Waals surface area contributed by atoms with Crippen molar-refractivity contribution >= 4 is 17.5 Å². The van der Waals surface area contributed by atoms with Crippen molar-refractivity contribution in [3.8, 4) is 11.6 Å². The van der Waals surface area contributed by atoms with Crippen LogP contribution in [-0.4, -0.2) is 35.1 Å². The first-order chi connectivity index (χ1) is 12.9. The molecule has 27 heavy (non-hydrogen) atoms. The highest BCUT2D eigenvalue weighted by Crippen LogP contribution is 2.68. The molecule has 2 aromatic rings. The van der Waals surface area contributed by atoms with Crippen LogP contribution in [0.25, 0.3) is 0 Å². The Morgan fingerprint density at radius 1 is 1.33 bits per heavy atom. The van der Waals surface area contributed by atoms with Crippen LogP contribution >= 0.6 is 11.6 Å². The fraction of sp³-hybridized carbons (Fsp3) is 0.421. The largest absolute Gasteiger partial charge is 0.484 e. The van der Waals surface area contributed by atoms with E-state index in [1.165, 1.54) is 18.2 Å². The number of carbonyl (C=O) groups excluding carboxylic acids is 1. The lowest BCUT2D eigenvalue weighted by molar-refractivity contribution is -0.166. The topological polar surface area (TPSA) is 73.3 Å². The van der Waals surface area contributed by atoms with Gasteiger partial charge in [-0.2, -0.15) is 0 Å². The molecule has 0 aliphatic heterocycles. The van der Waals surface area contributed by atoms with E-state index in [0.717, 1.165) is 31.4 Å². The predicted octanol–water partition coefficient (Wildman–Crippen LogP) is 2.94. The van der Waals surface area contributed by atoms with E-state index < -0.39 is 5.82 Å². The Morgan fingerprint density at radius 2 is 2.11 bits per heavy atom. The summed E-state index contributed by atoms with van der Waals surface area (Å²) in [6.07, 6.45) is 6.92. The Labute approximate surface area is 161 Å². The van der Waals surface area contributed by atoms with E-state index in [1.807, 2.05) is 0 Å². The number of ether oxygens (including phenoxy) is 2. The van der Waals surface area contributed by atoms with Gasteiger partial charge in [-0.25, -0.2) is 9.37 Å². The van der Waals surface area contributed by atoms with Gasteiger partial charge in [-0.1, -0.05) is 11.6 Å². The Balaban J connectivity index is 1.25. The molecule has 1 heterocycles. The molecule has 1 aromatic carbocycles. The highest BCUT2D eigenvalue weighted by molar-refractivity contribution is 6.30. The van der Waals surface area contributed by atoms with Crippen LogP contribution in [0.3, 0.4) is 0 Å². The first kappa shape index (κ1) is 18.0. The smallest absolute Gasteiger partial charge is 0.258 e. The number of benzene rings is 1. The number of rotatable bonds is 7. The van der Waals surface area contributed by atoms with E-state index in [4.69, 9.17) is 21.1 Å². The van der Waals surface area contributed by atoms with E-state index in [-0.39, 0.29) is 34.2 Å². The molecule has 0 atom stereocenters. The summed E-state index contributed by atoms with van der Waals surface area (Å²) in [6.45, 7) is -0.156. The second-order valence-corrected chi connectivity index (χ2v) is 7.86.